The third-order valence-corrected chi connectivity index (χ3v) is 3.25. The number of hydrogen-bond donors (Lipinski definition) is 2. The molecule has 2 aromatic rings. The van der Waals surface area contributed by atoms with Crippen molar-refractivity contribution in [3.05, 3.63) is 30.0 Å². The monoisotopic (exact) mass is 289 g/mol. The van der Waals surface area contributed by atoms with Crippen molar-refractivity contribution in [3.8, 4) is 5.82 Å². The Morgan fingerprint density at radius 1 is 1.52 bits per heavy atom. The van der Waals surface area contributed by atoms with E-state index in [-0.39, 0.29) is 11.7 Å². The molecule has 2 aromatic heterocycles. The molecule has 0 aromatic carbocycles. The SMILES string of the molecule is Cc1cnc(NC2CCOC2)nc1-n1cnc(C(=O)O)c1. The van der Waals surface area contributed by atoms with Gasteiger partial charge in [-0.2, -0.15) is 4.98 Å². The van der Waals surface area contributed by atoms with Gasteiger partial charge in [0, 0.05) is 24.6 Å². The minimum Gasteiger partial charge on any atom is -0.476 e. The van der Waals surface area contributed by atoms with Crippen LogP contribution in [-0.4, -0.2) is 49.9 Å². The lowest BCUT2D eigenvalue weighted by molar-refractivity contribution is 0.0691. The Kier molecular flexibility index (Phi) is 3.53. The molecule has 3 heterocycles. The summed E-state index contributed by atoms with van der Waals surface area (Å²) in [5, 5.41) is 12.1. The smallest absolute Gasteiger partial charge is 0.356 e. The zero-order chi connectivity index (χ0) is 14.8. The molecule has 0 radical (unpaired) electrons. The van der Waals surface area contributed by atoms with E-state index in [0.29, 0.717) is 18.4 Å². The Balaban J connectivity index is 1.87. The molecule has 3 rings (SSSR count). The maximum atomic E-state index is 10.9. The molecule has 110 valence electrons. The highest BCUT2D eigenvalue weighted by Gasteiger charge is 2.17. The van der Waals surface area contributed by atoms with Gasteiger partial charge in [-0.05, 0) is 13.3 Å². The molecule has 0 aliphatic carbocycles. The number of nitrogens with zero attached hydrogens (tertiary/aromatic N) is 4. The minimum absolute atomic E-state index is 0.0216. The summed E-state index contributed by atoms with van der Waals surface area (Å²) in [7, 11) is 0. The second kappa shape index (κ2) is 5.49. The van der Waals surface area contributed by atoms with E-state index in [4.69, 9.17) is 9.84 Å². The normalized spacial score (nSPS) is 17.9. The molecule has 1 aliphatic rings. The van der Waals surface area contributed by atoms with Crippen LogP contribution in [0.3, 0.4) is 0 Å². The molecular formula is C13H15N5O3. The summed E-state index contributed by atoms with van der Waals surface area (Å²) in [5.41, 5.74) is 0.810. The number of aryl methyl sites for hydroxylation is 1. The highest BCUT2D eigenvalue weighted by molar-refractivity contribution is 5.85. The molecule has 2 N–H and O–H groups in total. The van der Waals surface area contributed by atoms with Crippen LogP contribution in [-0.2, 0) is 4.74 Å². The quantitative estimate of drug-likeness (QED) is 0.860. The van der Waals surface area contributed by atoms with Crippen molar-refractivity contribution in [2.75, 3.05) is 18.5 Å². The summed E-state index contributed by atoms with van der Waals surface area (Å²) in [6.45, 7) is 3.24. The van der Waals surface area contributed by atoms with Gasteiger partial charge in [-0.3, -0.25) is 4.57 Å². The van der Waals surface area contributed by atoms with Crippen LogP contribution in [0.5, 0.6) is 0 Å². The Hall–Kier alpha value is -2.48. The van der Waals surface area contributed by atoms with E-state index in [1.807, 2.05) is 6.92 Å². The second-order valence-corrected chi connectivity index (χ2v) is 4.88. The average molecular weight is 289 g/mol. The molecular weight excluding hydrogens is 274 g/mol. The van der Waals surface area contributed by atoms with Crippen molar-refractivity contribution in [2.24, 2.45) is 0 Å². The number of imidazole rings is 1. The van der Waals surface area contributed by atoms with Gasteiger partial charge in [0.2, 0.25) is 5.95 Å². The van der Waals surface area contributed by atoms with Gasteiger partial charge in [0.25, 0.3) is 0 Å². The maximum Gasteiger partial charge on any atom is 0.356 e. The van der Waals surface area contributed by atoms with Crippen LogP contribution in [0, 0.1) is 6.92 Å². The van der Waals surface area contributed by atoms with Gasteiger partial charge in [-0.25, -0.2) is 14.8 Å². The third kappa shape index (κ3) is 2.84. The molecule has 21 heavy (non-hydrogen) atoms. The standard InChI is InChI=1S/C13H15N5O3/c1-8-4-14-13(16-9-2-3-21-6-9)17-11(8)18-5-10(12(19)20)15-7-18/h4-5,7,9H,2-3,6H2,1H3,(H,19,20)(H,14,16,17). The van der Waals surface area contributed by atoms with E-state index in [1.54, 1.807) is 10.8 Å². The van der Waals surface area contributed by atoms with Crippen LogP contribution >= 0.6 is 0 Å². The maximum absolute atomic E-state index is 10.9. The first-order valence-electron chi connectivity index (χ1n) is 6.59. The molecule has 0 spiro atoms. The lowest BCUT2D eigenvalue weighted by Crippen LogP contribution is -2.21. The molecule has 0 bridgehead atoms. The van der Waals surface area contributed by atoms with Gasteiger partial charge in [-0.15, -0.1) is 0 Å². The zero-order valence-electron chi connectivity index (χ0n) is 11.5. The zero-order valence-corrected chi connectivity index (χ0v) is 11.5. The summed E-state index contributed by atoms with van der Waals surface area (Å²) >= 11 is 0. The van der Waals surface area contributed by atoms with Crippen LogP contribution in [0.1, 0.15) is 22.5 Å². The van der Waals surface area contributed by atoms with E-state index in [2.05, 4.69) is 20.3 Å². The van der Waals surface area contributed by atoms with E-state index >= 15 is 0 Å². The van der Waals surface area contributed by atoms with E-state index < -0.39 is 5.97 Å². The molecule has 8 heteroatoms. The van der Waals surface area contributed by atoms with Crippen molar-refractivity contribution in [1.82, 2.24) is 19.5 Å². The number of aromatic nitrogens is 4. The van der Waals surface area contributed by atoms with Crippen LogP contribution in [0.2, 0.25) is 0 Å². The highest BCUT2D eigenvalue weighted by atomic mass is 16.5. The summed E-state index contributed by atoms with van der Waals surface area (Å²) < 4.78 is 6.88. The number of anilines is 1. The number of aromatic carboxylic acids is 1. The first-order chi connectivity index (χ1) is 10.1. The van der Waals surface area contributed by atoms with Gasteiger partial charge in [0.15, 0.2) is 5.69 Å². The van der Waals surface area contributed by atoms with Gasteiger partial charge in [0.1, 0.15) is 12.1 Å². The lowest BCUT2D eigenvalue weighted by atomic mass is 10.3. The predicted octanol–water partition coefficient (Wildman–Crippen LogP) is 0.870. The fourth-order valence-electron chi connectivity index (χ4n) is 2.14. The number of ether oxygens (including phenoxy) is 1. The van der Waals surface area contributed by atoms with E-state index in [9.17, 15) is 4.79 Å². The fourth-order valence-corrected chi connectivity index (χ4v) is 2.14. The van der Waals surface area contributed by atoms with Crippen LogP contribution in [0.25, 0.3) is 5.82 Å². The van der Waals surface area contributed by atoms with Gasteiger partial charge < -0.3 is 15.2 Å². The molecule has 1 atom stereocenters. The molecule has 1 fully saturated rings. The summed E-state index contributed by atoms with van der Waals surface area (Å²) in [6.07, 6.45) is 5.48. The fraction of sp³-hybridized carbons (Fsp3) is 0.385. The first kappa shape index (κ1) is 13.5. The third-order valence-electron chi connectivity index (χ3n) is 3.25. The summed E-state index contributed by atoms with van der Waals surface area (Å²) in [6, 6.07) is 0.206. The van der Waals surface area contributed by atoms with Crippen molar-refractivity contribution >= 4 is 11.9 Å². The van der Waals surface area contributed by atoms with Crippen molar-refractivity contribution < 1.29 is 14.6 Å². The number of carboxylic acids is 1. The largest absolute Gasteiger partial charge is 0.476 e. The lowest BCUT2D eigenvalue weighted by Gasteiger charge is -2.12. The highest BCUT2D eigenvalue weighted by Crippen LogP contribution is 2.15. The Bertz CT molecular complexity index is 664. The molecule has 1 unspecified atom stereocenters. The Labute approximate surface area is 120 Å². The number of carbonyl (C=O) groups is 1. The number of rotatable bonds is 4. The predicted molar refractivity (Wildman–Crippen MR) is 73.7 cm³/mol. The van der Waals surface area contributed by atoms with Crippen LogP contribution in [0.4, 0.5) is 5.95 Å². The van der Waals surface area contributed by atoms with Crippen molar-refractivity contribution in [3.63, 3.8) is 0 Å². The number of hydrogen-bond acceptors (Lipinski definition) is 6. The van der Waals surface area contributed by atoms with Gasteiger partial charge >= 0.3 is 5.97 Å². The molecule has 0 saturated carbocycles. The topological polar surface area (TPSA) is 102 Å². The van der Waals surface area contributed by atoms with Crippen LogP contribution < -0.4 is 5.32 Å². The Morgan fingerprint density at radius 3 is 3.05 bits per heavy atom. The molecule has 0 amide bonds. The molecule has 1 aliphatic heterocycles. The van der Waals surface area contributed by atoms with Crippen molar-refractivity contribution in [1.29, 1.82) is 0 Å². The molecule has 1 saturated heterocycles. The molecule has 8 nitrogen and oxygen atoms in total. The van der Waals surface area contributed by atoms with Gasteiger partial charge in [-0.1, -0.05) is 0 Å². The summed E-state index contributed by atoms with van der Waals surface area (Å²) in [5.74, 6) is 0.0324. The van der Waals surface area contributed by atoms with Crippen molar-refractivity contribution in [2.45, 2.75) is 19.4 Å². The first-order valence-corrected chi connectivity index (χ1v) is 6.59. The second-order valence-electron chi connectivity index (χ2n) is 4.88. The van der Waals surface area contributed by atoms with Crippen LogP contribution in [0.15, 0.2) is 18.7 Å². The average Bonchev–Trinajstić information content (AvgIpc) is 3.12. The Morgan fingerprint density at radius 2 is 2.38 bits per heavy atom. The number of carboxylic acid groups (broad SMARTS) is 1. The number of nitrogens with one attached hydrogen (secondary N) is 1. The van der Waals surface area contributed by atoms with E-state index in [0.717, 1.165) is 18.6 Å². The minimum atomic E-state index is -1.07. The summed E-state index contributed by atoms with van der Waals surface area (Å²) in [4.78, 5) is 23.4. The van der Waals surface area contributed by atoms with Gasteiger partial charge in [0.05, 0.1) is 12.6 Å². The van der Waals surface area contributed by atoms with E-state index in [1.165, 1.54) is 12.5 Å².